The quantitative estimate of drug-likeness (QED) is 0.505. The average molecular weight is 427 g/mol. The zero-order valence-corrected chi connectivity index (χ0v) is 18.2. The molecule has 2 heterocycles. The molecule has 0 spiro atoms. The van der Waals surface area contributed by atoms with Crippen LogP contribution in [-0.2, 0) is 16.1 Å². The molecule has 2 atom stereocenters. The van der Waals surface area contributed by atoms with Crippen LogP contribution in [0.25, 0.3) is 5.69 Å². The smallest absolute Gasteiger partial charge is 0.303 e. The number of carbonyl (C=O) groups excluding carboxylic acids is 1. The Morgan fingerprint density at radius 1 is 1.14 bits per heavy atom. The first kappa shape index (κ1) is 20.1. The molecule has 29 heavy (non-hydrogen) atoms. The van der Waals surface area contributed by atoms with Gasteiger partial charge >= 0.3 is 5.97 Å². The molecule has 4 nitrogen and oxygen atoms in total. The molecule has 4 rings (SSSR count). The summed E-state index contributed by atoms with van der Waals surface area (Å²) in [6, 6.07) is 20.3. The Morgan fingerprint density at radius 3 is 2.59 bits per heavy atom. The summed E-state index contributed by atoms with van der Waals surface area (Å²) in [5.41, 5.74) is 4.22. The van der Waals surface area contributed by atoms with Crippen LogP contribution in [0.3, 0.4) is 0 Å². The van der Waals surface area contributed by atoms with Gasteiger partial charge in [-0.1, -0.05) is 41.9 Å². The van der Waals surface area contributed by atoms with Crippen LogP contribution in [0.4, 0.5) is 0 Å². The third-order valence-electron chi connectivity index (χ3n) is 4.87. The first-order valence-electron chi connectivity index (χ1n) is 9.48. The summed E-state index contributed by atoms with van der Waals surface area (Å²) >= 11 is 8.09. The Hall–Kier alpha value is -2.21. The number of esters is 1. The fourth-order valence-corrected chi connectivity index (χ4v) is 5.23. The zero-order valence-electron chi connectivity index (χ0n) is 16.6. The van der Waals surface area contributed by atoms with Crippen LogP contribution in [0, 0.1) is 0 Å². The third-order valence-corrected chi connectivity index (χ3v) is 6.48. The number of halogens is 1. The predicted octanol–water partition coefficient (Wildman–Crippen LogP) is 5.64. The van der Waals surface area contributed by atoms with E-state index < -0.39 is 6.10 Å². The van der Waals surface area contributed by atoms with Gasteiger partial charge in [0, 0.05) is 29.1 Å². The molecule has 0 aliphatic carbocycles. The Balaban J connectivity index is 1.96. The Morgan fingerprint density at radius 2 is 1.90 bits per heavy atom. The van der Waals surface area contributed by atoms with Gasteiger partial charge < -0.3 is 14.2 Å². The van der Waals surface area contributed by atoms with Gasteiger partial charge in [-0.2, -0.15) is 0 Å². The van der Waals surface area contributed by atoms with E-state index in [2.05, 4.69) is 39.8 Å². The fourth-order valence-electron chi connectivity index (χ4n) is 3.76. The highest BCUT2D eigenvalue weighted by molar-refractivity contribution is 7.99. The van der Waals surface area contributed by atoms with E-state index in [1.807, 2.05) is 44.4 Å². The minimum Gasteiger partial charge on any atom is -0.455 e. The Labute approximate surface area is 180 Å². The predicted molar refractivity (Wildman–Crippen MR) is 118 cm³/mol. The second-order valence-corrected chi connectivity index (χ2v) is 9.03. The molecule has 0 fully saturated rings. The number of nitrogens with zero attached hydrogens (tertiary/aromatic N) is 2. The monoisotopic (exact) mass is 426 g/mol. The standard InChI is InChI=1S/C23H23ClN2O2S/c1-15(27)28-22-19-11-10-18(14-25(2)3)26(19)20-13-17(24)9-12-21(20)29-23(22)16-7-5-4-6-8-16/h4-13,22-23H,14H2,1-3H3/t22-,23-/m1/s1. The minimum atomic E-state index is -0.415. The van der Waals surface area contributed by atoms with Crippen molar-refractivity contribution in [2.45, 2.75) is 29.7 Å². The zero-order chi connectivity index (χ0) is 20.5. The van der Waals surface area contributed by atoms with E-state index in [0.717, 1.165) is 34.1 Å². The van der Waals surface area contributed by atoms with Crippen LogP contribution in [0.15, 0.2) is 65.6 Å². The van der Waals surface area contributed by atoms with Gasteiger partial charge in [0.2, 0.25) is 0 Å². The average Bonchev–Trinajstić information content (AvgIpc) is 3.02. The molecule has 1 aliphatic heterocycles. The normalized spacial score (nSPS) is 18.1. The van der Waals surface area contributed by atoms with E-state index in [1.165, 1.54) is 6.92 Å². The van der Waals surface area contributed by atoms with Crippen LogP contribution >= 0.6 is 23.4 Å². The third kappa shape index (κ3) is 4.08. The lowest BCUT2D eigenvalue weighted by atomic mass is 10.0. The maximum Gasteiger partial charge on any atom is 0.303 e. The summed E-state index contributed by atoms with van der Waals surface area (Å²) in [6.45, 7) is 2.23. The van der Waals surface area contributed by atoms with Gasteiger partial charge in [-0.25, -0.2) is 0 Å². The van der Waals surface area contributed by atoms with Gasteiger partial charge in [0.25, 0.3) is 0 Å². The highest BCUT2D eigenvalue weighted by Gasteiger charge is 2.35. The maximum atomic E-state index is 12.1. The van der Waals surface area contributed by atoms with E-state index >= 15 is 0 Å². The number of carbonyl (C=O) groups is 1. The first-order chi connectivity index (χ1) is 13.9. The van der Waals surface area contributed by atoms with Crippen LogP contribution in [-0.4, -0.2) is 29.5 Å². The van der Waals surface area contributed by atoms with Crippen LogP contribution in [0.2, 0.25) is 5.02 Å². The lowest BCUT2D eigenvalue weighted by Crippen LogP contribution is -2.19. The molecule has 0 amide bonds. The lowest BCUT2D eigenvalue weighted by molar-refractivity contribution is -0.147. The van der Waals surface area contributed by atoms with Crippen molar-refractivity contribution in [1.29, 1.82) is 0 Å². The highest BCUT2D eigenvalue weighted by atomic mass is 35.5. The summed E-state index contributed by atoms with van der Waals surface area (Å²) in [7, 11) is 4.08. The van der Waals surface area contributed by atoms with E-state index in [4.69, 9.17) is 16.3 Å². The maximum absolute atomic E-state index is 12.1. The topological polar surface area (TPSA) is 34.5 Å². The summed E-state index contributed by atoms with van der Waals surface area (Å²) in [6.07, 6.45) is -0.415. The molecular weight excluding hydrogens is 404 g/mol. The number of aromatic nitrogens is 1. The van der Waals surface area contributed by atoms with E-state index in [9.17, 15) is 4.79 Å². The number of ether oxygens (including phenoxy) is 1. The number of rotatable bonds is 4. The van der Waals surface area contributed by atoms with Crippen molar-refractivity contribution in [2.75, 3.05) is 14.1 Å². The molecule has 0 bridgehead atoms. The second-order valence-electron chi connectivity index (χ2n) is 7.41. The van der Waals surface area contributed by atoms with Crippen molar-refractivity contribution in [2.24, 2.45) is 0 Å². The van der Waals surface area contributed by atoms with Crippen molar-refractivity contribution in [3.8, 4) is 5.69 Å². The van der Waals surface area contributed by atoms with E-state index in [-0.39, 0.29) is 11.2 Å². The van der Waals surface area contributed by atoms with Crippen molar-refractivity contribution in [3.05, 3.63) is 82.6 Å². The molecule has 1 aliphatic rings. The largest absolute Gasteiger partial charge is 0.455 e. The summed E-state index contributed by atoms with van der Waals surface area (Å²) in [5.74, 6) is -0.289. The van der Waals surface area contributed by atoms with Crippen LogP contribution < -0.4 is 0 Å². The molecule has 0 saturated carbocycles. The first-order valence-corrected chi connectivity index (χ1v) is 10.7. The fraction of sp³-hybridized carbons (Fsp3) is 0.261. The molecular formula is C23H23ClN2O2S. The van der Waals surface area contributed by atoms with Gasteiger partial charge in [-0.15, -0.1) is 11.8 Å². The summed E-state index contributed by atoms with van der Waals surface area (Å²) in [4.78, 5) is 15.3. The van der Waals surface area contributed by atoms with E-state index in [0.29, 0.717) is 5.02 Å². The lowest BCUT2D eigenvalue weighted by Gasteiger charge is -2.25. The molecule has 1 aromatic heterocycles. The van der Waals surface area contributed by atoms with Crippen LogP contribution in [0.5, 0.6) is 0 Å². The molecule has 150 valence electrons. The van der Waals surface area contributed by atoms with Gasteiger partial charge in [0.15, 0.2) is 6.10 Å². The van der Waals surface area contributed by atoms with Crippen molar-refractivity contribution in [1.82, 2.24) is 9.47 Å². The van der Waals surface area contributed by atoms with Gasteiger partial charge in [0.05, 0.1) is 16.6 Å². The molecule has 2 aromatic carbocycles. The second kappa shape index (κ2) is 8.27. The van der Waals surface area contributed by atoms with Crippen LogP contribution in [0.1, 0.15) is 35.2 Å². The Bertz CT molecular complexity index is 1030. The van der Waals surface area contributed by atoms with E-state index in [1.54, 1.807) is 11.8 Å². The Kier molecular flexibility index (Phi) is 5.72. The summed E-state index contributed by atoms with van der Waals surface area (Å²) in [5, 5.41) is 0.616. The molecule has 0 saturated heterocycles. The van der Waals surface area contributed by atoms with Crippen molar-refractivity contribution >= 4 is 29.3 Å². The number of hydrogen-bond acceptors (Lipinski definition) is 4. The van der Waals surface area contributed by atoms with Gasteiger partial charge in [0.1, 0.15) is 0 Å². The van der Waals surface area contributed by atoms with Gasteiger partial charge in [-0.05, 0) is 50.0 Å². The SMILES string of the molecule is CC(=O)O[C@@H]1c2ccc(CN(C)C)n2-c2cc(Cl)ccc2S[C@@H]1c1ccccc1. The number of thioether (sulfide) groups is 1. The van der Waals surface area contributed by atoms with Crippen molar-refractivity contribution < 1.29 is 9.53 Å². The molecule has 3 aromatic rings. The van der Waals surface area contributed by atoms with Gasteiger partial charge in [-0.3, -0.25) is 4.79 Å². The highest BCUT2D eigenvalue weighted by Crippen LogP contribution is 2.51. The minimum absolute atomic E-state index is 0.0663. The number of hydrogen-bond donors (Lipinski definition) is 0. The van der Waals surface area contributed by atoms with Crippen molar-refractivity contribution in [3.63, 3.8) is 0 Å². The number of benzene rings is 2. The number of fused-ring (bicyclic) bond motifs is 3. The molecule has 6 heteroatoms. The summed E-state index contributed by atoms with van der Waals surface area (Å²) < 4.78 is 8.12. The molecule has 0 radical (unpaired) electrons. The molecule has 0 N–H and O–H groups in total. The molecule has 0 unspecified atom stereocenters.